The molecule has 0 N–H and O–H groups in total. The molecule has 0 aromatic heterocycles. The second-order valence-electron chi connectivity index (χ2n) is 6.87. The minimum absolute atomic E-state index is 0.0184. The standard InChI is InChI=1S/C23H14Cl4N2O4/c24-18-5-1-13(9-21(18)27)17(12-28)22(30)7-8-33-23-10-14(2-6-19(23)25)16-4-3-15(29(31)32)11-20(16)26/h1-6,9-11,17H,7-8H2. The van der Waals surface area contributed by atoms with Gasteiger partial charge in [-0.05, 0) is 41.5 Å². The minimum atomic E-state index is -1.01. The zero-order valence-corrected chi connectivity index (χ0v) is 19.8. The Kier molecular flexibility index (Phi) is 8.17. The first-order chi connectivity index (χ1) is 15.7. The number of hydrogen-bond acceptors (Lipinski definition) is 5. The van der Waals surface area contributed by atoms with Crippen molar-refractivity contribution in [3.05, 3.63) is 90.4 Å². The van der Waals surface area contributed by atoms with E-state index in [4.69, 9.17) is 51.1 Å². The van der Waals surface area contributed by atoms with Crippen LogP contribution >= 0.6 is 46.4 Å². The van der Waals surface area contributed by atoms with Crippen LogP contribution in [-0.2, 0) is 4.79 Å². The molecule has 0 saturated heterocycles. The third kappa shape index (κ3) is 5.95. The molecule has 0 fully saturated rings. The number of ketones is 1. The number of nitriles is 1. The molecule has 6 nitrogen and oxygen atoms in total. The van der Waals surface area contributed by atoms with E-state index in [9.17, 15) is 20.2 Å². The zero-order chi connectivity index (χ0) is 24.1. The first-order valence-electron chi connectivity index (χ1n) is 9.45. The van der Waals surface area contributed by atoms with Crippen molar-refractivity contribution in [2.24, 2.45) is 0 Å². The van der Waals surface area contributed by atoms with E-state index in [-0.39, 0.29) is 34.5 Å². The van der Waals surface area contributed by atoms with Crippen molar-refractivity contribution >= 4 is 57.9 Å². The van der Waals surface area contributed by atoms with Crippen LogP contribution in [0.3, 0.4) is 0 Å². The van der Waals surface area contributed by atoms with E-state index >= 15 is 0 Å². The van der Waals surface area contributed by atoms with Crippen molar-refractivity contribution in [1.29, 1.82) is 5.26 Å². The number of rotatable bonds is 8. The lowest BCUT2D eigenvalue weighted by atomic mass is 9.94. The average Bonchev–Trinajstić information content (AvgIpc) is 2.78. The van der Waals surface area contributed by atoms with E-state index in [0.717, 1.165) is 0 Å². The number of benzene rings is 3. The molecule has 33 heavy (non-hydrogen) atoms. The molecule has 0 aliphatic carbocycles. The normalized spacial score (nSPS) is 11.5. The van der Waals surface area contributed by atoms with Gasteiger partial charge in [-0.2, -0.15) is 5.26 Å². The number of nitrogens with zero attached hydrogens (tertiary/aromatic N) is 2. The highest BCUT2D eigenvalue weighted by Gasteiger charge is 2.21. The highest BCUT2D eigenvalue weighted by Crippen LogP contribution is 2.36. The molecule has 0 radical (unpaired) electrons. The van der Waals surface area contributed by atoms with Crippen LogP contribution in [0, 0.1) is 21.4 Å². The van der Waals surface area contributed by atoms with Crippen LogP contribution in [0.4, 0.5) is 5.69 Å². The maximum Gasteiger partial charge on any atom is 0.270 e. The number of halogens is 4. The van der Waals surface area contributed by atoms with Gasteiger partial charge in [-0.3, -0.25) is 14.9 Å². The van der Waals surface area contributed by atoms with Gasteiger partial charge in [0.1, 0.15) is 11.7 Å². The van der Waals surface area contributed by atoms with E-state index in [1.54, 1.807) is 24.3 Å². The molecule has 168 valence electrons. The summed E-state index contributed by atoms with van der Waals surface area (Å²) in [6.07, 6.45) is -0.0443. The molecule has 0 spiro atoms. The molecule has 3 aromatic carbocycles. The van der Waals surface area contributed by atoms with Gasteiger partial charge in [0.2, 0.25) is 0 Å². The first kappa shape index (κ1) is 24.8. The Morgan fingerprint density at radius 3 is 2.33 bits per heavy atom. The Labute approximate surface area is 209 Å². The summed E-state index contributed by atoms with van der Waals surface area (Å²) in [5.74, 6) is -1.05. The van der Waals surface area contributed by atoms with Crippen LogP contribution in [0.1, 0.15) is 17.9 Å². The van der Waals surface area contributed by atoms with Crippen molar-refractivity contribution < 1.29 is 14.5 Å². The largest absolute Gasteiger partial charge is 0.492 e. The van der Waals surface area contributed by atoms with E-state index in [1.165, 1.54) is 30.3 Å². The molecular weight excluding hydrogens is 510 g/mol. The molecule has 1 unspecified atom stereocenters. The van der Waals surface area contributed by atoms with E-state index in [2.05, 4.69) is 0 Å². The van der Waals surface area contributed by atoms with E-state index in [1.807, 2.05) is 6.07 Å². The number of non-ortho nitro benzene ring substituents is 1. The van der Waals surface area contributed by atoms with Crippen LogP contribution in [-0.4, -0.2) is 17.3 Å². The summed E-state index contributed by atoms with van der Waals surface area (Å²) in [5.41, 5.74) is 1.52. The topological polar surface area (TPSA) is 93.2 Å². The molecular formula is C23H14Cl4N2O4. The zero-order valence-electron chi connectivity index (χ0n) is 16.7. The van der Waals surface area contributed by atoms with E-state index < -0.39 is 10.8 Å². The maximum absolute atomic E-state index is 12.6. The fourth-order valence-corrected chi connectivity index (χ4v) is 3.83. The van der Waals surface area contributed by atoms with Gasteiger partial charge in [-0.1, -0.05) is 58.5 Å². The third-order valence-corrected chi connectivity index (χ3v) is 6.10. The summed E-state index contributed by atoms with van der Waals surface area (Å²) in [4.78, 5) is 23.0. The van der Waals surface area contributed by atoms with Crippen LogP contribution in [0.5, 0.6) is 5.75 Å². The van der Waals surface area contributed by atoms with Gasteiger partial charge in [0, 0.05) is 24.1 Å². The van der Waals surface area contributed by atoms with Gasteiger partial charge >= 0.3 is 0 Å². The predicted octanol–water partition coefficient (Wildman–Crippen LogP) is 7.52. The third-order valence-electron chi connectivity index (χ3n) is 4.74. The Morgan fingerprint density at radius 1 is 0.970 bits per heavy atom. The highest BCUT2D eigenvalue weighted by molar-refractivity contribution is 6.42. The molecule has 0 aliphatic heterocycles. The fraction of sp³-hybridized carbons (Fsp3) is 0.130. The Bertz CT molecular complexity index is 1270. The number of Topliss-reactive ketones (excluding diaryl/α,β-unsaturated/α-hetero) is 1. The minimum Gasteiger partial charge on any atom is -0.492 e. The number of nitro groups is 1. The van der Waals surface area contributed by atoms with Crippen LogP contribution in [0.15, 0.2) is 54.6 Å². The number of nitro benzene ring substituents is 1. The maximum atomic E-state index is 12.6. The van der Waals surface area contributed by atoms with Crippen molar-refractivity contribution in [2.45, 2.75) is 12.3 Å². The SMILES string of the molecule is N#CC(C(=O)CCOc1cc(-c2ccc([N+](=O)[O-])cc2Cl)ccc1Cl)c1ccc(Cl)c(Cl)c1. The van der Waals surface area contributed by atoms with Gasteiger partial charge in [0.05, 0.1) is 37.7 Å². The number of hydrogen-bond donors (Lipinski definition) is 0. The quantitative estimate of drug-likeness (QED) is 0.225. The molecule has 3 aromatic rings. The monoisotopic (exact) mass is 522 g/mol. The lowest BCUT2D eigenvalue weighted by Gasteiger charge is -2.13. The van der Waals surface area contributed by atoms with Crippen LogP contribution in [0.2, 0.25) is 20.1 Å². The Balaban J connectivity index is 1.71. The molecule has 0 aliphatic rings. The van der Waals surface area contributed by atoms with Gasteiger partial charge in [0.25, 0.3) is 5.69 Å². The summed E-state index contributed by atoms with van der Waals surface area (Å²) in [6.45, 7) is -0.0184. The van der Waals surface area contributed by atoms with Crippen LogP contribution < -0.4 is 4.74 Å². The predicted molar refractivity (Wildman–Crippen MR) is 128 cm³/mol. The van der Waals surface area contributed by atoms with Gasteiger partial charge in [-0.25, -0.2) is 0 Å². The second-order valence-corrected chi connectivity index (χ2v) is 8.50. The van der Waals surface area contributed by atoms with Gasteiger partial charge in [0.15, 0.2) is 5.78 Å². The Morgan fingerprint density at radius 2 is 1.70 bits per heavy atom. The number of carbonyl (C=O) groups is 1. The van der Waals surface area contributed by atoms with Crippen molar-refractivity contribution in [3.63, 3.8) is 0 Å². The fourth-order valence-electron chi connectivity index (χ4n) is 3.06. The van der Waals surface area contributed by atoms with Gasteiger partial charge < -0.3 is 4.74 Å². The lowest BCUT2D eigenvalue weighted by Crippen LogP contribution is -2.14. The van der Waals surface area contributed by atoms with Crippen molar-refractivity contribution in [2.75, 3.05) is 6.61 Å². The molecule has 1 atom stereocenters. The summed E-state index contributed by atoms with van der Waals surface area (Å²) in [6, 6.07) is 15.6. The first-order valence-corrected chi connectivity index (χ1v) is 11.0. The van der Waals surface area contributed by atoms with E-state index in [0.29, 0.717) is 32.5 Å². The molecule has 10 heteroatoms. The summed E-state index contributed by atoms with van der Waals surface area (Å²) < 4.78 is 5.68. The van der Waals surface area contributed by atoms with Gasteiger partial charge in [-0.15, -0.1) is 0 Å². The highest BCUT2D eigenvalue weighted by atomic mass is 35.5. The number of ether oxygens (including phenoxy) is 1. The molecule has 0 bridgehead atoms. The summed E-state index contributed by atoms with van der Waals surface area (Å²) in [7, 11) is 0. The van der Waals surface area contributed by atoms with Crippen molar-refractivity contribution in [3.8, 4) is 22.9 Å². The number of carbonyl (C=O) groups excluding carboxylic acids is 1. The molecule has 0 amide bonds. The molecule has 0 saturated carbocycles. The molecule has 0 heterocycles. The smallest absolute Gasteiger partial charge is 0.270 e. The summed E-state index contributed by atoms with van der Waals surface area (Å²) >= 11 is 24.3. The molecule has 3 rings (SSSR count). The lowest BCUT2D eigenvalue weighted by molar-refractivity contribution is -0.384. The van der Waals surface area contributed by atoms with Crippen molar-refractivity contribution in [1.82, 2.24) is 0 Å². The second kappa shape index (κ2) is 10.9. The average molecular weight is 524 g/mol. The van der Waals surface area contributed by atoms with Crippen LogP contribution in [0.25, 0.3) is 11.1 Å². The summed E-state index contributed by atoms with van der Waals surface area (Å²) in [5, 5.41) is 21.5. The Hall–Kier alpha value is -2.82.